The monoisotopic (exact) mass is 241 g/mol. The van der Waals surface area contributed by atoms with Crippen molar-refractivity contribution in [2.24, 2.45) is 0 Å². The van der Waals surface area contributed by atoms with Gasteiger partial charge in [0, 0.05) is 22.2 Å². The van der Waals surface area contributed by atoms with Gasteiger partial charge in [0.05, 0.1) is 15.6 Å². The highest BCUT2D eigenvalue weighted by Crippen LogP contribution is 2.26. The normalized spacial score (nSPS) is 10.6. The van der Waals surface area contributed by atoms with Gasteiger partial charge in [0.15, 0.2) is 5.58 Å². The fourth-order valence-corrected chi connectivity index (χ4v) is 1.56. The number of hydrogen-bond acceptors (Lipinski definition) is 3. The molecule has 0 saturated heterocycles. The minimum Gasteiger partial charge on any atom is -0.356 e. The third-order valence-electron chi connectivity index (χ3n) is 1.85. The van der Waals surface area contributed by atoms with Crippen LogP contribution in [0, 0.1) is 11.8 Å². The molecule has 1 N–H and O–H groups in total. The Morgan fingerprint density at radius 1 is 1.54 bits per heavy atom. The lowest BCUT2D eigenvalue weighted by molar-refractivity contribution is -0.380. The molecule has 1 aromatic heterocycles. The van der Waals surface area contributed by atoms with E-state index in [2.05, 4.69) is 21.1 Å². The summed E-state index contributed by atoms with van der Waals surface area (Å²) in [6.45, 7) is 1.83. The fourth-order valence-electron chi connectivity index (χ4n) is 1.16. The standard InChI is InChI=1S/C8H5BrN2O2/c1-4-5-2-7(10-12)6(9)3-8(5)13-11-4/h2-3H,1H3/p+1. The zero-order valence-corrected chi connectivity index (χ0v) is 8.38. The number of fused-ring (bicyclic) bond motifs is 1. The minimum absolute atomic E-state index is 0.485. The van der Waals surface area contributed by atoms with Gasteiger partial charge in [0.2, 0.25) is 0 Å². The Balaban J connectivity index is 2.84. The molecule has 1 aromatic carbocycles. The third kappa shape index (κ3) is 1.25. The first kappa shape index (κ1) is 8.37. The van der Waals surface area contributed by atoms with E-state index in [1.54, 1.807) is 12.1 Å². The van der Waals surface area contributed by atoms with Gasteiger partial charge in [-0.2, -0.15) is 0 Å². The van der Waals surface area contributed by atoms with Gasteiger partial charge in [-0.25, -0.2) is 0 Å². The van der Waals surface area contributed by atoms with Crippen molar-refractivity contribution in [3.63, 3.8) is 0 Å². The van der Waals surface area contributed by atoms with Crippen molar-refractivity contribution in [1.82, 2.24) is 5.16 Å². The molecule has 1 heterocycles. The van der Waals surface area contributed by atoms with E-state index in [1.165, 1.54) is 0 Å². The van der Waals surface area contributed by atoms with Crippen LogP contribution in [-0.4, -0.2) is 5.16 Å². The van der Waals surface area contributed by atoms with Crippen LogP contribution < -0.4 is 5.18 Å². The molecule has 0 amide bonds. The van der Waals surface area contributed by atoms with Crippen molar-refractivity contribution in [1.29, 1.82) is 0 Å². The summed E-state index contributed by atoms with van der Waals surface area (Å²) < 4.78 is 5.69. The minimum atomic E-state index is 0.485. The summed E-state index contributed by atoms with van der Waals surface area (Å²) in [5.41, 5.74) is 1.93. The molecule has 66 valence electrons. The molecule has 0 unspecified atom stereocenters. The topological polar surface area (TPSA) is 57.1 Å². The maximum atomic E-state index is 10.5. The average Bonchev–Trinajstić information content (AvgIpc) is 2.46. The molecule has 0 radical (unpaired) electrons. The number of benzene rings is 1. The molecule has 2 aromatic rings. The lowest BCUT2D eigenvalue weighted by atomic mass is 10.2. The Hall–Kier alpha value is -1.23. The van der Waals surface area contributed by atoms with Crippen LogP contribution in [-0.2, 0) is 0 Å². The van der Waals surface area contributed by atoms with Crippen molar-refractivity contribution in [3.05, 3.63) is 27.2 Å². The Labute approximate surface area is 82.0 Å². The predicted octanol–water partition coefficient (Wildman–Crippen LogP) is 1.38. The van der Waals surface area contributed by atoms with Gasteiger partial charge < -0.3 is 4.52 Å². The summed E-state index contributed by atoms with van der Waals surface area (Å²) in [6, 6.07) is 3.42. The predicted molar refractivity (Wildman–Crippen MR) is 50.4 cm³/mol. The second kappa shape index (κ2) is 2.92. The molecule has 0 aliphatic carbocycles. The molecule has 4 nitrogen and oxygen atoms in total. The highest BCUT2D eigenvalue weighted by molar-refractivity contribution is 9.10. The van der Waals surface area contributed by atoms with Gasteiger partial charge in [0.1, 0.15) is 0 Å². The second-order valence-corrected chi connectivity index (χ2v) is 3.55. The van der Waals surface area contributed by atoms with Crippen LogP contribution >= 0.6 is 15.9 Å². The smallest absolute Gasteiger partial charge is 0.268 e. The van der Waals surface area contributed by atoms with Gasteiger partial charge in [-0.05, 0) is 22.9 Å². The maximum absolute atomic E-state index is 10.5. The third-order valence-corrected chi connectivity index (χ3v) is 2.51. The SMILES string of the molecule is Cc1noc2cc(Br)c([NH+]=O)cc12. The molecule has 0 atom stereocenters. The molecular formula is C8H6BrN2O2+. The molecule has 5 heteroatoms. The van der Waals surface area contributed by atoms with E-state index in [1.807, 2.05) is 12.1 Å². The number of halogens is 1. The Morgan fingerprint density at radius 3 is 3.00 bits per heavy atom. The number of hydrogen-bond donors (Lipinski definition) is 1. The van der Waals surface area contributed by atoms with Crippen LogP contribution in [0.15, 0.2) is 21.1 Å². The van der Waals surface area contributed by atoms with Crippen molar-refractivity contribution in [2.45, 2.75) is 6.92 Å². The van der Waals surface area contributed by atoms with E-state index in [0.29, 0.717) is 15.7 Å². The first-order valence-corrected chi connectivity index (χ1v) is 4.45. The van der Waals surface area contributed by atoms with E-state index in [0.717, 1.165) is 11.1 Å². The van der Waals surface area contributed by atoms with E-state index in [9.17, 15) is 4.91 Å². The Bertz CT molecular complexity index is 478. The van der Waals surface area contributed by atoms with Crippen molar-refractivity contribution < 1.29 is 9.70 Å². The summed E-state index contributed by atoms with van der Waals surface area (Å²) >= 11 is 3.24. The van der Waals surface area contributed by atoms with Gasteiger partial charge in [-0.1, -0.05) is 5.16 Å². The zero-order valence-electron chi connectivity index (χ0n) is 6.80. The molecule has 2 rings (SSSR count). The van der Waals surface area contributed by atoms with Crippen LogP contribution in [0.2, 0.25) is 0 Å². The van der Waals surface area contributed by atoms with Crippen LogP contribution in [0.3, 0.4) is 0 Å². The molecule has 0 fully saturated rings. The van der Waals surface area contributed by atoms with E-state index in [-0.39, 0.29) is 0 Å². The van der Waals surface area contributed by atoms with Gasteiger partial charge in [-0.15, -0.1) is 0 Å². The fraction of sp³-hybridized carbons (Fsp3) is 0.125. The van der Waals surface area contributed by atoms with Gasteiger partial charge >= 0.3 is 0 Å². The Kier molecular flexibility index (Phi) is 1.88. The highest BCUT2D eigenvalue weighted by atomic mass is 79.9. The summed E-state index contributed by atoms with van der Waals surface area (Å²) in [4.78, 5) is 10.5. The van der Waals surface area contributed by atoms with E-state index in [4.69, 9.17) is 4.52 Å². The van der Waals surface area contributed by atoms with Gasteiger partial charge in [-0.3, -0.25) is 0 Å². The number of nitroso groups, excluding NO2 is 1. The molecule has 0 aliphatic rings. The zero-order chi connectivity index (χ0) is 9.42. The summed E-state index contributed by atoms with van der Waals surface area (Å²) in [5.74, 6) is 0. The van der Waals surface area contributed by atoms with Crippen molar-refractivity contribution in [2.75, 3.05) is 0 Å². The molecule has 0 spiro atoms. The summed E-state index contributed by atoms with van der Waals surface area (Å²) in [6.07, 6.45) is 0. The van der Waals surface area contributed by atoms with Crippen LogP contribution in [0.25, 0.3) is 11.0 Å². The lowest BCUT2D eigenvalue weighted by Crippen LogP contribution is -2.55. The number of aromatic nitrogens is 1. The lowest BCUT2D eigenvalue weighted by Gasteiger charge is -1.89. The van der Waals surface area contributed by atoms with Crippen LogP contribution in [0.1, 0.15) is 5.69 Å². The summed E-state index contributed by atoms with van der Waals surface area (Å²) in [7, 11) is 0. The van der Waals surface area contributed by atoms with E-state index >= 15 is 0 Å². The quantitative estimate of drug-likeness (QED) is 0.821. The number of aryl methyl sites for hydroxylation is 1. The van der Waals surface area contributed by atoms with Gasteiger partial charge in [0.25, 0.3) is 5.69 Å². The molecular weight excluding hydrogens is 236 g/mol. The first-order valence-electron chi connectivity index (χ1n) is 3.66. The molecule has 0 aliphatic heterocycles. The van der Waals surface area contributed by atoms with Crippen LogP contribution in [0.5, 0.6) is 0 Å². The first-order chi connectivity index (χ1) is 6.22. The van der Waals surface area contributed by atoms with Crippen LogP contribution in [0.4, 0.5) is 5.69 Å². The maximum Gasteiger partial charge on any atom is 0.268 e. The average molecular weight is 242 g/mol. The Morgan fingerprint density at radius 2 is 2.31 bits per heavy atom. The number of rotatable bonds is 1. The molecule has 13 heavy (non-hydrogen) atoms. The summed E-state index contributed by atoms with van der Waals surface area (Å²) in [5, 5.41) is 6.47. The van der Waals surface area contributed by atoms with E-state index < -0.39 is 0 Å². The second-order valence-electron chi connectivity index (χ2n) is 2.70. The van der Waals surface area contributed by atoms with Crippen molar-refractivity contribution in [3.8, 4) is 0 Å². The number of nitrogens with zero attached hydrogens (tertiary/aromatic N) is 1. The van der Waals surface area contributed by atoms with Crippen molar-refractivity contribution >= 4 is 32.6 Å². The highest BCUT2D eigenvalue weighted by Gasteiger charge is 2.12. The number of nitrogens with one attached hydrogen (secondary N) is 1. The molecule has 0 saturated carbocycles. The largest absolute Gasteiger partial charge is 0.356 e. The molecule has 0 bridgehead atoms.